The number of aliphatic imine (C=N–C) groups is 1. The number of halogens is 5. The average Bonchev–Trinajstić information content (AvgIpc) is 2.96. The molecule has 0 spiro atoms. The van der Waals surface area contributed by atoms with Crippen LogP contribution in [0, 0.1) is 18.6 Å². The molecule has 4 nitrogen and oxygen atoms in total. The van der Waals surface area contributed by atoms with Crippen molar-refractivity contribution in [1.82, 2.24) is 9.55 Å². The van der Waals surface area contributed by atoms with Crippen molar-refractivity contribution in [3.05, 3.63) is 65.6 Å². The summed E-state index contributed by atoms with van der Waals surface area (Å²) in [7, 11) is 0. The zero-order valence-electron chi connectivity index (χ0n) is 14.5. The standard InChI is InChI=1S/C19H13F5N4/c1-11-26-16-8-14(20)15(21)9-17(16)28(11)18-10-25-6-7-27(18)13-4-2-12(3-5-13)19(22,23)24/h2-6,8-10H,7H2,1H3. The van der Waals surface area contributed by atoms with E-state index in [1.165, 1.54) is 18.3 Å². The van der Waals surface area contributed by atoms with Crippen LogP contribution in [0.4, 0.5) is 27.6 Å². The highest BCUT2D eigenvalue weighted by molar-refractivity contribution is 5.87. The van der Waals surface area contributed by atoms with Gasteiger partial charge in [0.15, 0.2) is 11.6 Å². The molecule has 0 fully saturated rings. The highest BCUT2D eigenvalue weighted by Crippen LogP contribution is 2.33. The Bertz CT molecular complexity index is 1110. The smallest absolute Gasteiger partial charge is 0.321 e. The van der Waals surface area contributed by atoms with Crippen LogP contribution in [0.25, 0.3) is 16.9 Å². The molecule has 144 valence electrons. The molecule has 2 aromatic carbocycles. The Kier molecular flexibility index (Phi) is 4.17. The lowest BCUT2D eigenvalue weighted by Gasteiger charge is -2.29. The molecule has 0 unspecified atom stereocenters. The van der Waals surface area contributed by atoms with Crippen LogP contribution in [-0.2, 0) is 6.18 Å². The molecule has 0 saturated heterocycles. The van der Waals surface area contributed by atoms with Crippen LogP contribution in [0.2, 0.25) is 0 Å². The monoisotopic (exact) mass is 392 g/mol. The molecule has 0 aliphatic carbocycles. The van der Waals surface area contributed by atoms with Crippen LogP contribution in [0.15, 0.2) is 47.6 Å². The van der Waals surface area contributed by atoms with Crippen LogP contribution in [0.5, 0.6) is 0 Å². The number of hydrogen-bond acceptors (Lipinski definition) is 3. The fourth-order valence-corrected chi connectivity index (χ4v) is 3.14. The first kappa shape index (κ1) is 18.1. The molecule has 0 radical (unpaired) electrons. The van der Waals surface area contributed by atoms with Gasteiger partial charge in [-0.1, -0.05) is 0 Å². The van der Waals surface area contributed by atoms with Gasteiger partial charge in [-0.2, -0.15) is 13.2 Å². The maximum atomic E-state index is 13.8. The van der Waals surface area contributed by atoms with Crippen molar-refractivity contribution in [2.45, 2.75) is 13.1 Å². The molecule has 2 heterocycles. The minimum atomic E-state index is -4.43. The molecular formula is C19H13F5N4. The molecule has 1 aromatic heterocycles. The Morgan fingerprint density at radius 1 is 1.00 bits per heavy atom. The second-order valence-corrected chi connectivity index (χ2v) is 6.22. The van der Waals surface area contributed by atoms with Gasteiger partial charge in [-0.25, -0.2) is 13.8 Å². The molecule has 1 aliphatic heterocycles. The van der Waals surface area contributed by atoms with Gasteiger partial charge < -0.3 is 4.90 Å². The summed E-state index contributed by atoms with van der Waals surface area (Å²) in [5.74, 6) is -1.10. The first-order valence-electron chi connectivity index (χ1n) is 8.27. The lowest BCUT2D eigenvalue weighted by molar-refractivity contribution is -0.137. The largest absolute Gasteiger partial charge is 0.416 e. The van der Waals surface area contributed by atoms with E-state index in [0.29, 0.717) is 29.4 Å². The van der Waals surface area contributed by atoms with Crippen LogP contribution in [0.3, 0.4) is 0 Å². The number of benzene rings is 2. The van der Waals surface area contributed by atoms with Crippen LogP contribution < -0.4 is 4.90 Å². The van der Waals surface area contributed by atoms with Crippen LogP contribution in [0.1, 0.15) is 11.4 Å². The normalized spacial score (nSPS) is 14.6. The van der Waals surface area contributed by atoms with Crippen molar-refractivity contribution in [1.29, 1.82) is 0 Å². The van der Waals surface area contributed by atoms with Gasteiger partial charge in [0.2, 0.25) is 0 Å². The number of aryl methyl sites for hydroxylation is 1. The molecule has 0 amide bonds. The number of anilines is 1. The molecule has 1 aliphatic rings. The summed E-state index contributed by atoms with van der Waals surface area (Å²) in [4.78, 5) is 10.1. The molecule has 4 rings (SSSR count). The van der Waals surface area contributed by atoms with E-state index in [9.17, 15) is 22.0 Å². The van der Waals surface area contributed by atoms with E-state index < -0.39 is 23.4 Å². The van der Waals surface area contributed by atoms with Crippen molar-refractivity contribution >= 4 is 28.8 Å². The first-order chi connectivity index (χ1) is 13.3. The van der Waals surface area contributed by atoms with E-state index in [-0.39, 0.29) is 5.52 Å². The van der Waals surface area contributed by atoms with Crippen molar-refractivity contribution in [2.75, 3.05) is 11.4 Å². The summed E-state index contributed by atoms with van der Waals surface area (Å²) in [5, 5.41) is 0. The minimum absolute atomic E-state index is 0.263. The quantitative estimate of drug-likeness (QED) is 0.576. The van der Waals surface area contributed by atoms with E-state index in [1.54, 1.807) is 22.6 Å². The number of rotatable bonds is 2. The van der Waals surface area contributed by atoms with E-state index >= 15 is 0 Å². The van der Waals surface area contributed by atoms with Crippen molar-refractivity contribution in [3.63, 3.8) is 0 Å². The fourth-order valence-electron chi connectivity index (χ4n) is 3.14. The van der Waals surface area contributed by atoms with Gasteiger partial charge in [0.05, 0.1) is 29.3 Å². The van der Waals surface area contributed by atoms with Gasteiger partial charge in [-0.3, -0.25) is 9.56 Å². The molecular weight excluding hydrogens is 379 g/mol. The Morgan fingerprint density at radius 3 is 2.36 bits per heavy atom. The summed E-state index contributed by atoms with van der Waals surface area (Å²) in [6, 6.07) is 6.73. The predicted octanol–water partition coefficient (Wildman–Crippen LogP) is 4.99. The third kappa shape index (κ3) is 3.02. The maximum absolute atomic E-state index is 13.8. The molecule has 28 heavy (non-hydrogen) atoms. The van der Waals surface area contributed by atoms with Crippen molar-refractivity contribution in [2.24, 2.45) is 4.99 Å². The highest BCUT2D eigenvalue weighted by Gasteiger charge is 2.30. The summed E-state index contributed by atoms with van der Waals surface area (Å²) in [6.45, 7) is 1.96. The summed E-state index contributed by atoms with van der Waals surface area (Å²) in [5.41, 5.74) is 0.333. The first-order valence-corrected chi connectivity index (χ1v) is 8.27. The summed E-state index contributed by atoms with van der Waals surface area (Å²) >= 11 is 0. The van der Waals surface area contributed by atoms with E-state index in [0.717, 1.165) is 24.3 Å². The second-order valence-electron chi connectivity index (χ2n) is 6.22. The van der Waals surface area contributed by atoms with Gasteiger partial charge >= 0.3 is 6.18 Å². The fraction of sp³-hybridized carbons (Fsp3) is 0.158. The molecule has 0 N–H and O–H groups in total. The highest BCUT2D eigenvalue weighted by atomic mass is 19.4. The number of hydrogen-bond donors (Lipinski definition) is 0. The average molecular weight is 392 g/mol. The summed E-state index contributed by atoms with van der Waals surface area (Å²) < 4.78 is 67.4. The zero-order valence-corrected chi connectivity index (χ0v) is 14.5. The molecule has 3 aromatic rings. The Labute approximate surface area is 156 Å². The third-order valence-corrected chi connectivity index (χ3v) is 4.44. The van der Waals surface area contributed by atoms with E-state index in [2.05, 4.69) is 9.98 Å². The molecule has 0 bridgehead atoms. The topological polar surface area (TPSA) is 33.4 Å². The lowest BCUT2D eigenvalue weighted by atomic mass is 10.2. The molecule has 0 saturated carbocycles. The summed E-state index contributed by atoms with van der Waals surface area (Å²) in [6.07, 6.45) is -1.34. The van der Waals surface area contributed by atoms with Gasteiger partial charge in [0.1, 0.15) is 11.6 Å². The van der Waals surface area contributed by atoms with Crippen molar-refractivity contribution < 1.29 is 22.0 Å². The van der Waals surface area contributed by atoms with Gasteiger partial charge in [0, 0.05) is 24.0 Å². The Hall–Kier alpha value is -3.23. The Morgan fingerprint density at radius 2 is 1.68 bits per heavy atom. The number of imidazole rings is 1. The predicted molar refractivity (Wildman–Crippen MR) is 95.9 cm³/mol. The number of fused-ring (bicyclic) bond motifs is 1. The minimum Gasteiger partial charge on any atom is -0.321 e. The van der Waals surface area contributed by atoms with Crippen LogP contribution >= 0.6 is 0 Å². The number of alkyl halides is 3. The third-order valence-electron chi connectivity index (χ3n) is 4.44. The molecule has 9 heteroatoms. The second kappa shape index (κ2) is 6.43. The van der Waals surface area contributed by atoms with Gasteiger partial charge in [-0.05, 0) is 31.2 Å². The molecule has 0 atom stereocenters. The van der Waals surface area contributed by atoms with Crippen LogP contribution in [-0.4, -0.2) is 22.3 Å². The maximum Gasteiger partial charge on any atom is 0.416 e. The van der Waals surface area contributed by atoms with Crippen molar-refractivity contribution in [3.8, 4) is 0 Å². The lowest BCUT2D eigenvalue weighted by Crippen LogP contribution is -2.29. The Balaban J connectivity index is 1.81. The van der Waals surface area contributed by atoms with Gasteiger partial charge in [-0.15, -0.1) is 0 Å². The zero-order chi connectivity index (χ0) is 20.1. The van der Waals surface area contributed by atoms with E-state index in [1.807, 2.05) is 0 Å². The number of nitrogens with zero attached hydrogens (tertiary/aromatic N) is 4. The van der Waals surface area contributed by atoms with E-state index in [4.69, 9.17) is 0 Å². The number of aromatic nitrogens is 2. The SMILES string of the molecule is Cc1nc2cc(F)c(F)cc2n1C1=CN=CCN1c1ccc(C(F)(F)F)cc1. The van der Waals surface area contributed by atoms with Gasteiger partial charge in [0.25, 0.3) is 0 Å².